The van der Waals surface area contributed by atoms with Crippen molar-refractivity contribution in [3.8, 4) is 0 Å². The molecule has 0 radical (unpaired) electrons. The van der Waals surface area contributed by atoms with E-state index in [-0.39, 0.29) is 16.7 Å². The number of hydrogen-bond donors (Lipinski definition) is 2. The molecule has 33 heavy (non-hydrogen) atoms. The van der Waals surface area contributed by atoms with Gasteiger partial charge in [-0.25, -0.2) is 0 Å². The van der Waals surface area contributed by atoms with Crippen LogP contribution in [0.1, 0.15) is 106 Å². The predicted molar refractivity (Wildman–Crippen MR) is 133 cm³/mol. The van der Waals surface area contributed by atoms with Gasteiger partial charge in [-0.3, -0.25) is 4.79 Å². The maximum absolute atomic E-state index is 12.5. The van der Waals surface area contributed by atoms with E-state index in [0.29, 0.717) is 29.1 Å². The first-order valence-electron chi connectivity index (χ1n) is 13.8. The lowest BCUT2D eigenvalue weighted by atomic mass is 9.32. The summed E-state index contributed by atoms with van der Waals surface area (Å²) in [5.41, 5.74) is 1.40. The fraction of sp³-hybridized carbons (Fsp3) is 0.900. The van der Waals surface area contributed by atoms with Crippen molar-refractivity contribution >= 4 is 5.97 Å². The van der Waals surface area contributed by atoms with Gasteiger partial charge in [0, 0.05) is 0 Å². The Bertz CT molecular complexity index is 865. The normalized spacial score (nSPS) is 57.9. The Morgan fingerprint density at radius 3 is 1.94 bits per heavy atom. The van der Waals surface area contributed by atoms with Crippen LogP contribution in [-0.4, -0.2) is 22.3 Å². The quantitative estimate of drug-likeness (QED) is 0.436. The van der Waals surface area contributed by atoms with E-state index in [1.807, 2.05) is 6.92 Å². The van der Waals surface area contributed by atoms with Crippen LogP contribution in [0.5, 0.6) is 0 Å². The zero-order chi connectivity index (χ0) is 24.2. The van der Waals surface area contributed by atoms with Crippen LogP contribution in [-0.2, 0) is 4.79 Å². The lowest BCUT2D eigenvalue weighted by molar-refractivity contribution is -0.251. The molecule has 0 amide bonds. The summed E-state index contributed by atoms with van der Waals surface area (Å²) in [5, 5.41) is 21.2. The van der Waals surface area contributed by atoms with Crippen molar-refractivity contribution in [3.63, 3.8) is 0 Å². The fourth-order valence-corrected chi connectivity index (χ4v) is 11.9. The molecule has 3 nitrogen and oxygen atoms in total. The minimum absolute atomic E-state index is 0.0978. The summed E-state index contributed by atoms with van der Waals surface area (Å²) in [6.07, 6.45) is 10.6. The highest BCUT2D eigenvalue weighted by atomic mass is 16.4. The summed E-state index contributed by atoms with van der Waals surface area (Å²) in [6.45, 7) is 18.7. The van der Waals surface area contributed by atoms with Gasteiger partial charge in [-0.05, 0) is 129 Å². The summed E-state index contributed by atoms with van der Waals surface area (Å²) in [5.74, 6) is 2.18. The molecule has 5 saturated carbocycles. The minimum Gasteiger partial charge on any atom is -0.481 e. The smallest absolute Gasteiger partial charge is 0.309 e. The molecule has 0 unspecified atom stereocenters. The Kier molecular flexibility index (Phi) is 5.15. The highest BCUT2D eigenvalue weighted by Crippen LogP contribution is 2.78. The first kappa shape index (κ1) is 23.9. The number of fused-ring (bicyclic) bond motifs is 7. The molecule has 0 saturated heterocycles. The monoisotopic (exact) mass is 456 g/mol. The number of aliphatic hydroxyl groups is 1. The third-order valence-corrected chi connectivity index (χ3v) is 13.5. The molecule has 5 aliphatic carbocycles. The van der Waals surface area contributed by atoms with Gasteiger partial charge in [0.15, 0.2) is 0 Å². The fourth-order valence-electron chi connectivity index (χ4n) is 11.9. The largest absolute Gasteiger partial charge is 0.481 e. The molecule has 2 N–H and O–H groups in total. The van der Waals surface area contributed by atoms with E-state index in [0.717, 1.165) is 31.1 Å². The number of rotatable bonds is 2. The molecular formula is C30H48O3. The van der Waals surface area contributed by atoms with Crippen LogP contribution in [0.3, 0.4) is 0 Å². The number of hydrogen-bond acceptors (Lipinski definition) is 2. The number of aliphatic hydroxyl groups excluding tert-OH is 1. The van der Waals surface area contributed by atoms with E-state index in [4.69, 9.17) is 0 Å². The van der Waals surface area contributed by atoms with E-state index in [2.05, 4.69) is 41.2 Å². The first-order valence-corrected chi connectivity index (χ1v) is 13.8. The van der Waals surface area contributed by atoms with Crippen LogP contribution in [0.4, 0.5) is 0 Å². The zero-order valence-corrected chi connectivity index (χ0v) is 22.0. The summed E-state index contributed by atoms with van der Waals surface area (Å²) in [7, 11) is 0. The third-order valence-electron chi connectivity index (χ3n) is 13.5. The van der Waals surface area contributed by atoms with Crippen LogP contribution < -0.4 is 0 Å². The lowest BCUT2D eigenvalue weighted by Crippen LogP contribution is -2.67. The average Bonchev–Trinajstić information content (AvgIpc) is 3.05. The third kappa shape index (κ3) is 2.81. The van der Waals surface area contributed by atoms with Crippen molar-refractivity contribution in [2.75, 3.05) is 0 Å². The molecular weight excluding hydrogens is 408 g/mol. The Balaban J connectivity index is 1.54. The second kappa shape index (κ2) is 7.11. The van der Waals surface area contributed by atoms with Crippen LogP contribution in [0.2, 0.25) is 0 Å². The van der Waals surface area contributed by atoms with Crippen LogP contribution >= 0.6 is 0 Å². The van der Waals surface area contributed by atoms with Gasteiger partial charge in [0.05, 0.1) is 11.5 Å². The summed E-state index contributed by atoms with van der Waals surface area (Å²) < 4.78 is 0. The topological polar surface area (TPSA) is 57.5 Å². The maximum atomic E-state index is 12.5. The van der Waals surface area contributed by atoms with E-state index in [1.165, 1.54) is 44.1 Å². The first-order chi connectivity index (χ1) is 15.2. The Hall–Kier alpha value is -0.830. The number of carboxylic acid groups (broad SMARTS) is 1. The van der Waals surface area contributed by atoms with Gasteiger partial charge in [-0.15, -0.1) is 0 Å². The second-order valence-corrected chi connectivity index (χ2v) is 14.5. The van der Waals surface area contributed by atoms with E-state index < -0.39 is 17.5 Å². The standard InChI is InChI=1S/C30H48O3/c1-18(2)20-10-13-26(3)21(20)11-14-29(6)23(26)8-9-24-27(4)16-19(31)17-28(5,25(32)33)22(27)12-15-30(24,29)7/h19-24,31H,1,8-17H2,2-7H3,(H,32,33)/t19-,20+,21-,22+,23+,24+,26-,27-,28-,29+,30+/m0/s1. The predicted octanol–water partition coefficient (Wildman–Crippen LogP) is 7.09. The molecule has 0 aliphatic heterocycles. The van der Waals surface area contributed by atoms with E-state index in [9.17, 15) is 15.0 Å². The van der Waals surface area contributed by atoms with Gasteiger partial charge in [0.2, 0.25) is 0 Å². The number of carboxylic acids is 1. The van der Waals surface area contributed by atoms with Gasteiger partial charge >= 0.3 is 5.97 Å². The minimum atomic E-state index is -0.810. The Morgan fingerprint density at radius 1 is 0.788 bits per heavy atom. The van der Waals surface area contributed by atoms with Crippen molar-refractivity contribution in [2.24, 2.45) is 56.7 Å². The highest BCUT2D eigenvalue weighted by molar-refractivity contribution is 5.75. The molecule has 0 aromatic carbocycles. The van der Waals surface area contributed by atoms with Gasteiger partial charge in [-0.1, -0.05) is 39.8 Å². The lowest BCUT2D eigenvalue weighted by Gasteiger charge is -2.73. The molecule has 0 spiro atoms. The second-order valence-electron chi connectivity index (χ2n) is 14.5. The van der Waals surface area contributed by atoms with Crippen molar-refractivity contribution < 1.29 is 15.0 Å². The SMILES string of the molecule is C=C(C)[C@H]1CC[C@]2(C)[C@H]3CC[C@@H]4[C@@]5(C)C[C@H](O)C[C@](C)(C(=O)O)[C@@H]5CC[C@@]4(C)[C@]3(C)CC[C@@H]12. The Labute approximate surface area is 201 Å². The molecule has 186 valence electrons. The molecule has 5 aliphatic rings. The Morgan fingerprint density at radius 2 is 1.36 bits per heavy atom. The summed E-state index contributed by atoms with van der Waals surface area (Å²) in [6, 6.07) is 0. The van der Waals surface area contributed by atoms with Gasteiger partial charge in [0.25, 0.3) is 0 Å². The molecule has 3 heteroatoms. The van der Waals surface area contributed by atoms with Crippen LogP contribution in [0.15, 0.2) is 12.2 Å². The van der Waals surface area contributed by atoms with E-state index >= 15 is 0 Å². The molecule has 5 rings (SSSR count). The highest BCUT2D eigenvalue weighted by Gasteiger charge is 2.71. The number of allylic oxidation sites excluding steroid dienone is 1. The molecule has 11 atom stereocenters. The van der Waals surface area contributed by atoms with Crippen molar-refractivity contribution in [3.05, 3.63) is 12.2 Å². The molecule has 5 fully saturated rings. The van der Waals surface area contributed by atoms with Gasteiger partial charge < -0.3 is 10.2 Å². The van der Waals surface area contributed by atoms with Gasteiger partial charge in [-0.2, -0.15) is 0 Å². The van der Waals surface area contributed by atoms with E-state index in [1.54, 1.807) is 0 Å². The molecule has 0 aromatic rings. The zero-order valence-electron chi connectivity index (χ0n) is 22.0. The molecule has 0 bridgehead atoms. The van der Waals surface area contributed by atoms with Crippen molar-refractivity contribution in [2.45, 2.75) is 112 Å². The average molecular weight is 457 g/mol. The molecule has 0 aromatic heterocycles. The van der Waals surface area contributed by atoms with Gasteiger partial charge in [0.1, 0.15) is 0 Å². The summed E-state index contributed by atoms with van der Waals surface area (Å²) >= 11 is 0. The summed E-state index contributed by atoms with van der Waals surface area (Å²) in [4.78, 5) is 12.5. The van der Waals surface area contributed by atoms with Crippen LogP contribution in [0, 0.1) is 56.7 Å². The van der Waals surface area contributed by atoms with Crippen LogP contribution in [0.25, 0.3) is 0 Å². The maximum Gasteiger partial charge on any atom is 0.309 e. The van der Waals surface area contributed by atoms with Crippen molar-refractivity contribution in [1.82, 2.24) is 0 Å². The number of aliphatic carboxylic acids is 1. The molecule has 0 heterocycles. The number of carbonyl (C=O) groups is 1. The van der Waals surface area contributed by atoms with Crippen molar-refractivity contribution in [1.29, 1.82) is 0 Å².